The molecule has 1 aromatic carbocycles. The quantitative estimate of drug-likeness (QED) is 0.842. The largest absolute Gasteiger partial charge is 0.370 e. The second-order valence-electron chi connectivity index (χ2n) is 5.71. The maximum atomic E-state index is 13.7. The van der Waals surface area contributed by atoms with E-state index >= 15 is 0 Å². The molecule has 0 amide bonds. The molecule has 0 saturated heterocycles. The Morgan fingerprint density at radius 3 is 2.85 bits per heavy atom. The Kier molecular flexibility index (Phi) is 4.53. The molecule has 0 bridgehead atoms. The van der Waals surface area contributed by atoms with Crippen LogP contribution in [0.2, 0.25) is 0 Å². The number of Topliss-reactive ketones (excluding diaryl/α,β-unsaturated/α-hetero) is 1. The van der Waals surface area contributed by atoms with Crippen molar-refractivity contribution in [1.82, 2.24) is 0 Å². The van der Waals surface area contributed by atoms with Gasteiger partial charge in [0.1, 0.15) is 5.60 Å². The number of halogens is 2. The summed E-state index contributed by atoms with van der Waals surface area (Å²) in [5.74, 6) is -1.60. The van der Waals surface area contributed by atoms with Crippen LogP contribution in [0, 0.1) is 17.6 Å². The number of rotatable bonds is 4. The van der Waals surface area contributed by atoms with Crippen LogP contribution in [0.3, 0.4) is 0 Å². The molecular weight excluding hydrogens is 262 g/mol. The highest BCUT2D eigenvalue weighted by atomic mass is 19.2. The molecule has 0 aliphatic heterocycles. The van der Waals surface area contributed by atoms with Crippen LogP contribution in [0.5, 0.6) is 0 Å². The monoisotopic (exact) mass is 282 g/mol. The van der Waals surface area contributed by atoms with Crippen LogP contribution in [0.4, 0.5) is 8.78 Å². The summed E-state index contributed by atoms with van der Waals surface area (Å²) in [7, 11) is 1.53. The number of ketones is 1. The molecular formula is C16H20F2O2. The Balaban J connectivity index is 2.19. The summed E-state index contributed by atoms with van der Waals surface area (Å²) in [6.07, 6.45) is 3.19. The van der Waals surface area contributed by atoms with Crippen LogP contribution in [-0.2, 0) is 16.0 Å². The van der Waals surface area contributed by atoms with Crippen molar-refractivity contribution in [3.8, 4) is 0 Å². The number of carbonyl (C=O) groups excluding carboxylic acids is 1. The molecule has 4 heteroatoms. The van der Waals surface area contributed by atoms with Gasteiger partial charge in [-0.3, -0.25) is 4.79 Å². The van der Waals surface area contributed by atoms with E-state index in [1.54, 1.807) is 0 Å². The van der Waals surface area contributed by atoms with Crippen molar-refractivity contribution in [3.63, 3.8) is 0 Å². The van der Waals surface area contributed by atoms with Crippen LogP contribution in [0.25, 0.3) is 0 Å². The molecule has 0 N–H and O–H groups in total. The lowest BCUT2D eigenvalue weighted by atomic mass is 9.75. The zero-order valence-corrected chi connectivity index (χ0v) is 11.9. The van der Waals surface area contributed by atoms with Gasteiger partial charge in [0.25, 0.3) is 0 Å². The van der Waals surface area contributed by atoms with Crippen LogP contribution < -0.4 is 0 Å². The third-order valence-corrected chi connectivity index (χ3v) is 4.24. The standard InChI is InChI=1S/C16H20F2O2/c1-11-5-4-8-16(10-11,20-2)14(19)9-12-6-3-7-13(17)15(12)18/h3,6-7,11H,4-5,8-10H2,1-2H3. The number of ether oxygens (including phenoxy) is 1. The Labute approximate surface area is 118 Å². The Bertz CT molecular complexity index is 501. The van der Waals surface area contributed by atoms with E-state index in [4.69, 9.17) is 4.74 Å². The van der Waals surface area contributed by atoms with Crippen molar-refractivity contribution in [2.24, 2.45) is 5.92 Å². The van der Waals surface area contributed by atoms with E-state index < -0.39 is 17.2 Å². The molecule has 0 spiro atoms. The maximum Gasteiger partial charge on any atom is 0.169 e. The van der Waals surface area contributed by atoms with Gasteiger partial charge in [0.05, 0.1) is 0 Å². The summed E-state index contributed by atoms with van der Waals surface area (Å²) in [5.41, 5.74) is -0.735. The summed E-state index contributed by atoms with van der Waals surface area (Å²) < 4.78 is 32.3. The average molecular weight is 282 g/mol. The summed E-state index contributed by atoms with van der Waals surface area (Å²) in [5, 5.41) is 0. The van der Waals surface area contributed by atoms with Gasteiger partial charge in [-0.05, 0) is 36.8 Å². The average Bonchev–Trinajstić information content (AvgIpc) is 2.43. The van der Waals surface area contributed by atoms with Gasteiger partial charge in [0, 0.05) is 13.5 Å². The molecule has 1 aromatic rings. The van der Waals surface area contributed by atoms with Crippen LogP contribution in [0.1, 0.15) is 38.2 Å². The van der Waals surface area contributed by atoms with Gasteiger partial charge in [-0.2, -0.15) is 0 Å². The third-order valence-electron chi connectivity index (χ3n) is 4.24. The predicted molar refractivity (Wildman–Crippen MR) is 72.4 cm³/mol. The molecule has 2 rings (SSSR count). The lowest BCUT2D eigenvalue weighted by molar-refractivity contribution is -0.146. The molecule has 1 aliphatic rings. The highest BCUT2D eigenvalue weighted by molar-refractivity contribution is 5.89. The van der Waals surface area contributed by atoms with E-state index in [0.29, 0.717) is 18.8 Å². The summed E-state index contributed by atoms with van der Waals surface area (Å²) >= 11 is 0. The van der Waals surface area contributed by atoms with E-state index in [0.717, 1.165) is 18.9 Å². The highest BCUT2D eigenvalue weighted by Gasteiger charge is 2.41. The van der Waals surface area contributed by atoms with Gasteiger partial charge in [-0.25, -0.2) is 8.78 Å². The molecule has 1 fully saturated rings. The smallest absolute Gasteiger partial charge is 0.169 e. The van der Waals surface area contributed by atoms with Gasteiger partial charge in [0.2, 0.25) is 0 Å². The summed E-state index contributed by atoms with van der Waals surface area (Å²) in [4.78, 5) is 12.5. The van der Waals surface area contributed by atoms with E-state index in [9.17, 15) is 13.6 Å². The molecule has 0 aromatic heterocycles. The van der Waals surface area contributed by atoms with Crippen molar-refractivity contribution in [1.29, 1.82) is 0 Å². The zero-order valence-electron chi connectivity index (χ0n) is 11.9. The number of benzene rings is 1. The second-order valence-corrected chi connectivity index (χ2v) is 5.71. The second kappa shape index (κ2) is 6.00. The van der Waals surface area contributed by atoms with Crippen molar-refractivity contribution in [2.75, 3.05) is 7.11 Å². The van der Waals surface area contributed by atoms with E-state index in [1.165, 1.54) is 19.2 Å². The zero-order chi connectivity index (χ0) is 14.8. The fourth-order valence-electron chi connectivity index (χ4n) is 3.07. The SMILES string of the molecule is COC1(C(=O)Cc2cccc(F)c2F)CCCC(C)C1. The highest BCUT2D eigenvalue weighted by Crippen LogP contribution is 2.36. The third kappa shape index (κ3) is 2.90. The van der Waals surface area contributed by atoms with Crippen molar-refractivity contribution < 1.29 is 18.3 Å². The molecule has 110 valence electrons. The van der Waals surface area contributed by atoms with Crippen LogP contribution >= 0.6 is 0 Å². The van der Waals surface area contributed by atoms with Gasteiger partial charge in [0.15, 0.2) is 17.4 Å². The summed E-state index contributed by atoms with van der Waals surface area (Å²) in [6.45, 7) is 2.09. The van der Waals surface area contributed by atoms with Gasteiger partial charge in [-0.15, -0.1) is 0 Å². The molecule has 1 aliphatic carbocycles. The topological polar surface area (TPSA) is 26.3 Å². The molecule has 0 radical (unpaired) electrons. The minimum atomic E-state index is -0.934. The number of methoxy groups -OCH3 is 1. The molecule has 2 unspecified atom stereocenters. The number of hydrogen-bond donors (Lipinski definition) is 0. The fourth-order valence-corrected chi connectivity index (χ4v) is 3.07. The first-order valence-corrected chi connectivity index (χ1v) is 7.00. The normalized spacial score (nSPS) is 26.5. The van der Waals surface area contributed by atoms with Crippen LogP contribution in [0.15, 0.2) is 18.2 Å². The number of hydrogen-bond acceptors (Lipinski definition) is 2. The molecule has 2 nitrogen and oxygen atoms in total. The minimum Gasteiger partial charge on any atom is -0.370 e. The minimum absolute atomic E-state index is 0.102. The lowest BCUT2D eigenvalue weighted by Crippen LogP contribution is -2.45. The van der Waals surface area contributed by atoms with E-state index in [-0.39, 0.29) is 17.8 Å². The van der Waals surface area contributed by atoms with Crippen molar-refractivity contribution >= 4 is 5.78 Å². The van der Waals surface area contributed by atoms with Gasteiger partial charge in [-0.1, -0.05) is 25.5 Å². The molecule has 0 heterocycles. The first-order chi connectivity index (χ1) is 9.48. The van der Waals surface area contributed by atoms with E-state index in [1.807, 2.05) is 0 Å². The Morgan fingerprint density at radius 1 is 1.45 bits per heavy atom. The van der Waals surface area contributed by atoms with Crippen molar-refractivity contribution in [3.05, 3.63) is 35.4 Å². The lowest BCUT2D eigenvalue weighted by Gasteiger charge is -2.37. The maximum absolute atomic E-state index is 13.7. The fraction of sp³-hybridized carbons (Fsp3) is 0.562. The predicted octanol–water partition coefficient (Wildman–Crippen LogP) is 3.67. The molecule has 2 atom stereocenters. The van der Waals surface area contributed by atoms with Gasteiger partial charge >= 0.3 is 0 Å². The van der Waals surface area contributed by atoms with Crippen LogP contribution in [-0.4, -0.2) is 18.5 Å². The Hall–Kier alpha value is -1.29. The Morgan fingerprint density at radius 2 is 2.20 bits per heavy atom. The van der Waals surface area contributed by atoms with Crippen molar-refractivity contribution in [2.45, 2.75) is 44.6 Å². The molecule has 1 saturated carbocycles. The van der Waals surface area contributed by atoms with Gasteiger partial charge < -0.3 is 4.74 Å². The summed E-state index contributed by atoms with van der Waals surface area (Å²) in [6, 6.07) is 3.92. The first kappa shape index (κ1) is 15.1. The number of carbonyl (C=O) groups is 1. The molecule has 20 heavy (non-hydrogen) atoms. The van der Waals surface area contributed by atoms with E-state index in [2.05, 4.69) is 6.92 Å². The first-order valence-electron chi connectivity index (χ1n) is 7.00.